The van der Waals surface area contributed by atoms with Crippen LogP contribution in [-0.2, 0) is 0 Å². The quantitative estimate of drug-likeness (QED) is 0.779. The first-order chi connectivity index (χ1) is 6.99. The van der Waals surface area contributed by atoms with Gasteiger partial charge in [0.2, 0.25) is 0 Å². The molecule has 0 unspecified atom stereocenters. The second kappa shape index (κ2) is 4.07. The van der Waals surface area contributed by atoms with Crippen molar-refractivity contribution in [2.75, 3.05) is 12.8 Å². The van der Waals surface area contributed by atoms with Crippen LogP contribution in [0, 0.1) is 0 Å². The molecule has 1 aromatic heterocycles. The Morgan fingerprint density at radius 1 is 1.60 bits per heavy atom. The lowest BCUT2D eigenvalue weighted by Crippen LogP contribution is -2.17. The normalized spacial score (nSPS) is 10.4. The number of pyridine rings is 1. The SMILES string of the molecule is COc1c(C(F)F)cnc(N)c1C(N)=O. The Morgan fingerprint density at radius 3 is 2.60 bits per heavy atom. The summed E-state index contributed by atoms with van der Waals surface area (Å²) in [4.78, 5) is 14.4. The fourth-order valence-electron chi connectivity index (χ4n) is 1.14. The van der Waals surface area contributed by atoms with Crippen LogP contribution < -0.4 is 16.2 Å². The second-order valence-corrected chi connectivity index (χ2v) is 2.67. The molecule has 82 valence electrons. The van der Waals surface area contributed by atoms with E-state index in [9.17, 15) is 13.6 Å². The minimum absolute atomic E-state index is 0.233. The molecule has 0 saturated carbocycles. The van der Waals surface area contributed by atoms with Crippen molar-refractivity contribution < 1.29 is 18.3 Å². The zero-order valence-electron chi connectivity index (χ0n) is 7.83. The summed E-state index contributed by atoms with van der Waals surface area (Å²) in [6.07, 6.45) is -1.96. The zero-order valence-corrected chi connectivity index (χ0v) is 7.83. The number of nitrogen functional groups attached to an aromatic ring is 1. The fraction of sp³-hybridized carbons (Fsp3) is 0.250. The summed E-state index contributed by atoms with van der Waals surface area (Å²) < 4.78 is 29.6. The monoisotopic (exact) mass is 217 g/mol. The van der Waals surface area contributed by atoms with E-state index in [1.54, 1.807) is 0 Å². The number of ether oxygens (including phenoxy) is 1. The first kappa shape index (κ1) is 11.2. The van der Waals surface area contributed by atoms with E-state index in [0.717, 1.165) is 13.3 Å². The summed E-state index contributed by atoms with van der Waals surface area (Å²) in [6, 6.07) is 0. The largest absolute Gasteiger partial charge is 0.495 e. The molecule has 0 atom stereocenters. The third kappa shape index (κ3) is 1.95. The Hall–Kier alpha value is -1.92. The number of hydrogen-bond acceptors (Lipinski definition) is 4. The van der Waals surface area contributed by atoms with Gasteiger partial charge in [0.25, 0.3) is 12.3 Å². The van der Waals surface area contributed by atoms with Crippen molar-refractivity contribution in [1.82, 2.24) is 4.98 Å². The Morgan fingerprint density at radius 2 is 2.20 bits per heavy atom. The number of alkyl halides is 2. The van der Waals surface area contributed by atoms with Gasteiger partial charge in [-0.15, -0.1) is 0 Å². The molecule has 0 aromatic carbocycles. The molecule has 0 aliphatic heterocycles. The number of carbonyl (C=O) groups excluding carboxylic acids is 1. The lowest BCUT2D eigenvalue weighted by molar-refractivity contribution is 0.0996. The van der Waals surface area contributed by atoms with Crippen LogP contribution in [0.3, 0.4) is 0 Å². The molecule has 7 heteroatoms. The van der Waals surface area contributed by atoms with E-state index in [0.29, 0.717) is 0 Å². The molecule has 0 aliphatic carbocycles. The maximum absolute atomic E-state index is 12.5. The number of carbonyl (C=O) groups is 1. The van der Waals surface area contributed by atoms with Crippen molar-refractivity contribution in [3.05, 3.63) is 17.3 Å². The standard InChI is InChI=1S/C8H9F2N3O2/c1-15-5-3(6(9)10)2-13-7(11)4(5)8(12)14/h2,6H,1H3,(H2,11,13)(H2,12,14). The number of nitrogens with zero attached hydrogens (tertiary/aromatic N) is 1. The lowest BCUT2D eigenvalue weighted by Gasteiger charge is -2.11. The summed E-state index contributed by atoms with van der Waals surface area (Å²) in [5.41, 5.74) is 9.47. The Balaban J connectivity index is 3.47. The van der Waals surface area contributed by atoms with Gasteiger partial charge in [-0.05, 0) is 0 Å². The minimum Gasteiger partial charge on any atom is -0.495 e. The van der Waals surface area contributed by atoms with Crippen LogP contribution in [0.4, 0.5) is 14.6 Å². The minimum atomic E-state index is -2.81. The third-order valence-corrected chi connectivity index (χ3v) is 1.77. The van der Waals surface area contributed by atoms with Gasteiger partial charge in [0.05, 0.1) is 12.7 Å². The molecule has 1 aromatic rings. The number of hydrogen-bond donors (Lipinski definition) is 2. The smallest absolute Gasteiger partial charge is 0.268 e. The summed E-state index contributed by atoms with van der Waals surface area (Å²) in [5.74, 6) is -1.52. The highest BCUT2D eigenvalue weighted by Crippen LogP contribution is 2.33. The number of halogens is 2. The summed E-state index contributed by atoms with van der Waals surface area (Å²) in [5, 5.41) is 0. The molecule has 0 fully saturated rings. The van der Waals surface area contributed by atoms with Crippen LogP contribution >= 0.6 is 0 Å². The van der Waals surface area contributed by atoms with E-state index < -0.39 is 17.9 Å². The zero-order chi connectivity index (χ0) is 11.6. The Bertz CT molecular complexity index is 396. The molecule has 0 spiro atoms. The van der Waals surface area contributed by atoms with Crippen LogP contribution in [0.2, 0.25) is 0 Å². The molecule has 0 bridgehead atoms. The number of anilines is 1. The highest BCUT2D eigenvalue weighted by molar-refractivity contribution is 6.00. The van der Waals surface area contributed by atoms with Crippen LogP contribution in [0.25, 0.3) is 0 Å². The van der Waals surface area contributed by atoms with Crippen molar-refractivity contribution in [2.24, 2.45) is 5.73 Å². The average molecular weight is 217 g/mol. The van der Waals surface area contributed by atoms with E-state index in [1.807, 2.05) is 0 Å². The molecule has 1 amide bonds. The summed E-state index contributed by atoms with van der Waals surface area (Å²) in [6.45, 7) is 0. The first-order valence-corrected chi connectivity index (χ1v) is 3.89. The van der Waals surface area contributed by atoms with Crippen LogP contribution in [-0.4, -0.2) is 18.0 Å². The van der Waals surface area contributed by atoms with Gasteiger partial charge in [-0.25, -0.2) is 13.8 Å². The molecule has 4 N–H and O–H groups in total. The maximum atomic E-state index is 12.5. The number of primary amides is 1. The van der Waals surface area contributed by atoms with Gasteiger partial charge in [-0.1, -0.05) is 0 Å². The number of rotatable bonds is 3. The number of methoxy groups -OCH3 is 1. The predicted octanol–water partition coefficient (Wildman–Crippen LogP) is 0.709. The molecule has 0 saturated heterocycles. The molecular formula is C8H9F2N3O2. The lowest BCUT2D eigenvalue weighted by atomic mass is 10.1. The third-order valence-electron chi connectivity index (χ3n) is 1.77. The van der Waals surface area contributed by atoms with Gasteiger partial charge in [-0.2, -0.15) is 0 Å². The van der Waals surface area contributed by atoms with Crippen molar-refractivity contribution >= 4 is 11.7 Å². The Kier molecular flexibility index (Phi) is 3.03. The van der Waals surface area contributed by atoms with Gasteiger partial charge >= 0.3 is 0 Å². The topological polar surface area (TPSA) is 91.2 Å². The van der Waals surface area contributed by atoms with Crippen molar-refractivity contribution in [3.63, 3.8) is 0 Å². The van der Waals surface area contributed by atoms with Crippen molar-refractivity contribution in [2.45, 2.75) is 6.43 Å². The average Bonchev–Trinajstić information content (AvgIpc) is 2.15. The number of amides is 1. The highest BCUT2D eigenvalue weighted by atomic mass is 19.3. The van der Waals surface area contributed by atoms with Crippen LogP contribution in [0.1, 0.15) is 22.3 Å². The molecule has 5 nitrogen and oxygen atoms in total. The van der Waals surface area contributed by atoms with Gasteiger partial charge in [-0.3, -0.25) is 4.79 Å². The van der Waals surface area contributed by atoms with Gasteiger partial charge in [0, 0.05) is 6.20 Å². The van der Waals surface area contributed by atoms with Gasteiger partial charge in [0.15, 0.2) is 0 Å². The van der Waals surface area contributed by atoms with E-state index in [1.165, 1.54) is 0 Å². The van der Waals surface area contributed by atoms with Gasteiger partial charge in [0.1, 0.15) is 17.1 Å². The summed E-state index contributed by atoms with van der Waals surface area (Å²) >= 11 is 0. The number of nitrogens with two attached hydrogens (primary N) is 2. The summed E-state index contributed by atoms with van der Waals surface area (Å²) in [7, 11) is 1.15. The molecule has 1 heterocycles. The molecule has 15 heavy (non-hydrogen) atoms. The van der Waals surface area contributed by atoms with E-state index >= 15 is 0 Å². The fourth-order valence-corrected chi connectivity index (χ4v) is 1.14. The van der Waals surface area contributed by atoms with E-state index in [2.05, 4.69) is 9.72 Å². The van der Waals surface area contributed by atoms with E-state index in [-0.39, 0.29) is 17.1 Å². The molecular weight excluding hydrogens is 208 g/mol. The Labute approximate surface area is 84.0 Å². The molecule has 0 radical (unpaired) electrons. The second-order valence-electron chi connectivity index (χ2n) is 2.67. The van der Waals surface area contributed by atoms with Crippen LogP contribution in [0.15, 0.2) is 6.20 Å². The first-order valence-electron chi connectivity index (χ1n) is 3.89. The number of aromatic nitrogens is 1. The van der Waals surface area contributed by atoms with Crippen molar-refractivity contribution in [3.8, 4) is 5.75 Å². The van der Waals surface area contributed by atoms with Crippen molar-refractivity contribution in [1.29, 1.82) is 0 Å². The van der Waals surface area contributed by atoms with Crippen LogP contribution in [0.5, 0.6) is 5.75 Å². The predicted molar refractivity (Wildman–Crippen MR) is 48.7 cm³/mol. The highest BCUT2D eigenvalue weighted by Gasteiger charge is 2.23. The molecule has 0 aliphatic rings. The molecule has 1 rings (SSSR count). The van der Waals surface area contributed by atoms with E-state index in [4.69, 9.17) is 11.5 Å². The maximum Gasteiger partial charge on any atom is 0.268 e. The van der Waals surface area contributed by atoms with Gasteiger partial charge < -0.3 is 16.2 Å².